The molecule has 0 radical (unpaired) electrons. The number of likely N-dealkylation sites (tertiary alicyclic amines) is 1. The predicted octanol–water partition coefficient (Wildman–Crippen LogP) is 2.19. The highest BCUT2D eigenvalue weighted by atomic mass is 16.3. The molecule has 2 fully saturated rings. The monoisotopic (exact) mass is 239 g/mol. The molecule has 0 aromatic heterocycles. The van der Waals surface area contributed by atoms with Crippen molar-refractivity contribution in [3.05, 3.63) is 0 Å². The van der Waals surface area contributed by atoms with E-state index < -0.39 is 0 Å². The quantitative estimate of drug-likeness (QED) is 0.802. The van der Waals surface area contributed by atoms with Gasteiger partial charge in [-0.2, -0.15) is 0 Å². The van der Waals surface area contributed by atoms with Gasteiger partial charge in [0.05, 0.1) is 12.6 Å². The van der Waals surface area contributed by atoms with Gasteiger partial charge < -0.3 is 10.0 Å². The zero-order valence-corrected chi connectivity index (χ0v) is 10.9. The van der Waals surface area contributed by atoms with Gasteiger partial charge in [0.1, 0.15) is 0 Å². The molecule has 1 heterocycles. The van der Waals surface area contributed by atoms with E-state index in [1.807, 2.05) is 4.90 Å². The average Bonchev–Trinajstić information content (AvgIpc) is 2.64. The molecule has 0 aromatic rings. The Hall–Kier alpha value is -0.570. The summed E-state index contributed by atoms with van der Waals surface area (Å²) >= 11 is 0. The number of aliphatic hydroxyl groups is 1. The molecule has 1 N–H and O–H groups in total. The molecule has 3 atom stereocenters. The van der Waals surface area contributed by atoms with Gasteiger partial charge in [-0.15, -0.1) is 0 Å². The molecule has 3 nitrogen and oxygen atoms in total. The van der Waals surface area contributed by atoms with E-state index >= 15 is 0 Å². The number of hydrogen-bond acceptors (Lipinski definition) is 2. The van der Waals surface area contributed by atoms with Crippen LogP contribution in [0.3, 0.4) is 0 Å². The van der Waals surface area contributed by atoms with Crippen molar-refractivity contribution in [3.8, 4) is 0 Å². The minimum Gasteiger partial charge on any atom is -0.394 e. The molecule has 0 spiro atoms. The van der Waals surface area contributed by atoms with Crippen molar-refractivity contribution in [1.82, 2.24) is 4.90 Å². The fourth-order valence-electron chi connectivity index (χ4n) is 3.38. The Balaban J connectivity index is 2.04. The summed E-state index contributed by atoms with van der Waals surface area (Å²) in [5.41, 5.74) is 0. The lowest BCUT2D eigenvalue weighted by molar-refractivity contribution is -0.139. The molecule has 1 aliphatic heterocycles. The minimum atomic E-state index is 0.0813. The van der Waals surface area contributed by atoms with Crippen LogP contribution in [0, 0.1) is 11.8 Å². The van der Waals surface area contributed by atoms with Crippen LogP contribution in [-0.4, -0.2) is 35.1 Å². The summed E-state index contributed by atoms with van der Waals surface area (Å²) in [6, 6.07) is 0.0813. The van der Waals surface area contributed by atoms with Crippen molar-refractivity contribution < 1.29 is 9.90 Å². The summed E-state index contributed by atoms with van der Waals surface area (Å²) in [6.07, 6.45) is 7.85. The molecule has 1 saturated carbocycles. The normalized spacial score (nSPS) is 34.7. The van der Waals surface area contributed by atoms with Crippen LogP contribution in [0.1, 0.15) is 51.9 Å². The van der Waals surface area contributed by atoms with Crippen LogP contribution in [0.4, 0.5) is 0 Å². The smallest absolute Gasteiger partial charge is 0.226 e. The van der Waals surface area contributed by atoms with Crippen molar-refractivity contribution in [2.24, 2.45) is 11.8 Å². The van der Waals surface area contributed by atoms with Crippen molar-refractivity contribution in [2.75, 3.05) is 13.2 Å². The molecule has 2 rings (SSSR count). The number of amides is 1. The molecule has 1 saturated heterocycles. The third-order valence-electron chi connectivity index (χ3n) is 4.55. The Morgan fingerprint density at radius 3 is 2.65 bits per heavy atom. The summed E-state index contributed by atoms with van der Waals surface area (Å²) in [5.74, 6) is 1.07. The van der Waals surface area contributed by atoms with Crippen molar-refractivity contribution >= 4 is 5.91 Å². The summed E-state index contributed by atoms with van der Waals surface area (Å²) in [7, 11) is 0. The fraction of sp³-hybridized carbons (Fsp3) is 0.929. The van der Waals surface area contributed by atoms with Crippen molar-refractivity contribution in [1.29, 1.82) is 0 Å². The summed E-state index contributed by atoms with van der Waals surface area (Å²) < 4.78 is 0. The van der Waals surface area contributed by atoms with Gasteiger partial charge in [-0.3, -0.25) is 4.79 Å². The molecule has 0 bridgehead atoms. The van der Waals surface area contributed by atoms with Crippen LogP contribution in [0.15, 0.2) is 0 Å². The zero-order valence-electron chi connectivity index (χ0n) is 10.9. The molecule has 1 amide bonds. The Labute approximate surface area is 104 Å². The number of nitrogens with zero attached hydrogens (tertiary/aromatic N) is 1. The highest BCUT2D eigenvalue weighted by Crippen LogP contribution is 2.33. The Kier molecular flexibility index (Phi) is 4.43. The van der Waals surface area contributed by atoms with Gasteiger partial charge >= 0.3 is 0 Å². The van der Waals surface area contributed by atoms with E-state index in [2.05, 4.69) is 6.92 Å². The first-order chi connectivity index (χ1) is 8.24. The van der Waals surface area contributed by atoms with E-state index in [1.54, 1.807) is 0 Å². The van der Waals surface area contributed by atoms with E-state index in [0.717, 1.165) is 32.2 Å². The van der Waals surface area contributed by atoms with Crippen LogP contribution < -0.4 is 0 Å². The lowest BCUT2D eigenvalue weighted by atomic mass is 9.95. The number of aliphatic hydroxyl groups excluding tert-OH is 1. The third kappa shape index (κ3) is 2.82. The second-order valence-electron chi connectivity index (χ2n) is 5.73. The van der Waals surface area contributed by atoms with Crippen LogP contribution in [0.5, 0.6) is 0 Å². The maximum atomic E-state index is 12.5. The van der Waals surface area contributed by atoms with Crippen LogP contribution in [0.2, 0.25) is 0 Å². The highest BCUT2D eigenvalue weighted by Gasteiger charge is 2.35. The largest absolute Gasteiger partial charge is 0.394 e. The maximum Gasteiger partial charge on any atom is 0.226 e. The Bertz CT molecular complexity index is 267. The second-order valence-corrected chi connectivity index (χ2v) is 5.73. The van der Waals surface area contributed by atoms with Crippen LogP contribution in [-0.2, 0) is 4.79 Å². The van der Waals surface area contributed by atoms with Gasteiger partial charge in [-0.1, -0.05) is 26.2 Å². The molecule has 2 aliphatic rings. The lowest BCUT2D eigenvalue weighted by Crippen LogP contribution is -2.45. The Morgan fingerprint density at radius 1 is 1.18 bits per heavy atom. The van der Waals surface area contributed by atoms with Gasteiger partial charge in [0, 0.05) is 12.5 Å². The SMILES string of the molecule is CC1CCCC1C(=O)N1CCCCCC1CO. The number of carbonyl (C=O) groups excluding carboxylic acids is 1. The lowest BCUT2D eigenvalue weighted by Gasteiger charge is -2.32. The van der Waals surface area contributed by atoms with Gasteiger partial charge in [0.2, 0.25) is 5.91 Å². The number of carbonyl (C=O) groups is 1. The zero-order chi connectivity index (χ0) is 12.3. The van der Waals surface area contributed by atoms with Crippen molar-refractivity contribution in [3.63, 3.8) is 0 Å². The first-order valence-electron chi connectivity index (χ1n) is 7.15. The fourth-order valence-corrected chi connectivity index (χ4v) is 3.38. The van der Waals surface area contributed by atoms with E-state index in [4.69, 9.17) is 0 Å². The average molecular weight is 239 g/mol. The molecule has 1 aliphatic carbocycles. The van der Waals surface area contributed by atoms with E-state index in [9.17, 15) is 9.90 Å². The van der Waals surface area contributed by atoms with Crippen LogP contribution >= 0.6 is 0 Å². The minimum absolute atomic E-state index is 0.0813. The van der Waals surface area contributed by atoms with E-state index in [-0.39, 0.29) is 18.6 Å². The molecular weight excluding hydrogens is 214 g/mol. The molecule has 17 heavy (non-hydrogen) atoms. The van der Waals surface area contributed by atoms with Gasteiger partial charge in [0.15, 0.2) is 0 Å². The summed E-state index contributed by atoms with van der Waals surface area (Å²) in [6.45, 7) is 3.18. The number of hydrogen-bond donors (Lipinski definition) is 1. The van der Waals surface area contributed by atoms with Crippen molar-refractivity contribution in [2.45, 2.75) is 57.9 Å². The maximum absolute atomic E-state index is 12.5. The molecule has 3 unspecified atom stereocenters. The third-order valence-corrected chi connectivity index (χ3v) is 4.55. The first kappa shape index (κ1) is 12.9. The second kappa shape index (κ2) is 5.85. The first-order valence-corrected chi connectivity index (χ1v) is 7.15. The van der Waals surface area contributed by atoms with E-state index in [1.165, 1.54) is 19.3 Å². The molecule has 98 valence electrons. The topological polar surface area (TPSA) is 40.5 Å². The number of rotatable bonds is 2. The molecule has 3 heteroatoms. The van der Waals surface area contributed by atoms with Gasteiger partial charge in [-0.25, -0.2) is 0 Å². The highest BCUT2D eigenvalue weighted by molar-refractivity contribution is 5.79. The van der Waals surface area contributed by atoms with Crippen LogP contribution in [0.25, 0.3) is 0 Å². The van der Waals surface area contributed by atoms with Gasteiger partial charge in [0.25, 0.3) is 0 Å². The Morgan fingerprint density at radius 2 is 2.00 bits per heavy atom. The molecular formula is C14H25NO2. The standard InChI is InChI=1S/C14H25NO2/c1-11-6-5-8-13(11)14(17)15-9-4-2-3-7-12(15)10-16/h11-13,16H,2-10H2,1H3. The van der Waals surface area contributed by atoms with E-state index in [0.29, 0.717) is 11.8 Å². The van der Waals surface area contributed by atoms with Gasteiger partial charge in [-0.05, 0) is 31.6 Å². The predicted molar refractivity (Wildman–Crippen MR) is 67.6 cm³/mol. The molecule has 0 aromatic carbocycles. The summed E-state index contributed by atoms with van der Waals surface area (Å²) in [5, 5.41) is 9.45. The summed E-state index contributed by atoms with van der Waals surface area (Å²) in [4.78, 5) is 14.5.